The van der Waals surface area contributed by atoms with Crippen molar-refractivity contribution in [3.63, 3.8) is 0 Å². The summed E-state index contributed by atoms with van der Waals surface area (Å²) in [5.41, 5.74) is 2.43. The number of hydrogen-bond donors (Lipinski definition) is 1. The van der Waals surface area contributed by atoms with Gasteiger partial charge in [0.15, 0.2) is 0 Å². The van der Waals surface area contributed by atoms with Gasteiger partial charge in [-0.1, -0.05) is 36.4 Å². The molecule has 0 spiro atoms. The number of rotatable bonds is 5. The van der Waals surface area contributed by atoms with Crippen molar-refractivity contribution in [2.45, 2.75) is 19.4 Å². The van der Waals surface area contributed by atoms with Crippen LogP contribution in [0.2, 0.25) is 0 Å². The molecule has 1 N–H and O–H groups in total. The smallest absolute Gasteiger partial charge is 0.271 e. The molecular weight excluding hydrogens is 380 g/mol. The number of carbonyl (C=O) groups excluding carboxylic acids is 2. The first-order valence-electron chi connectivity index (χ1n) is 9.61. The van der Waals surface area contributed by atoms with Crippen LogP contribution in [0, 0.1) is 0 Å². The van der Waals surface area contributed by atoms with E-state index in [1.807, 2.05) is 36.4 Å². The van der Waals surface area contributed by atoms with E-state index in [4.69, 9.17) is 0 Å². The van der Waals surface area contributed by atoms with Crippen LogP contribution in [0.5, 0.6) is 0 Å². The number of nitrogens with one attached hydrogen (secondary N) is 1. The Bertz CT molecular complexity index is 1150. The monoisotopic (exact) mass is 400 g/mol. The zero-order valence-corrected chi connectivity index (χ0v) is 16.2. The summed E-state index contributed by atoms with van der Waals surface area (Å²) in [7, 11) is 0. The maximum atomic E-state index is 12.6. The molecule has 0 saturated heterocycles. The zero-order chi connectivity index (χ0) is 20.9. The summed E-state index contributed by atoms with van der Waals surface area (Å²) in [6.07, 6.45) is 2.26. The lowest BCUT2D eigenvalue weighted by Gasteiger charge is -2.23. The number of hydrazone groups is 1. The van der Waals surface area contributed by atoms with Gasteiger partial charge in [-0.05, 0) is 35.9 Å². The van der Waals surface area contributed by atoms with E-state index in [1.54, 1.807) is 41.1 Å². The second-order valence-corrected chi connectivity index (χ2v) is 6.91. The first-order chi connectivity index (χ1) is 14.6. The maximum Gasteiger partial charge on any atom is 0.271 e. The number of aromatic nitrogens is 1. The fourth-order valence-corrected chi connectivity index (χ4v) is 3.17. The summed E-state index contributed by atoms with van der Waals surface area (Å²) >= 11 is 0. The van der Waals surface area contributed by atoms with Crippen LogP contribution in [0.4, 0.5) is 11.4 Å². The zero-order valence-electron chi connectivity index (χ0n) is 16.2. The molecule has 0 aliphatic carbocycles. The molecule has 7 nitrogen and oxygen atoms in total. The van der Waals surface area contributed by atoms with Gasteiger partial charge < -0.3 is 9.88 Å². The van der Waals surface area contributed by atoms with Gasteiger partial charge >= 0.3 is 0 Å². The van der Waals surface area contributed by atoms with Crippen LogP contribution in [0.25, 0.3) is 0 Å². The Morgan fingerprint density at radius 3 is 2.37 bits per heavy atom. The Morgan fingerprint density at radius 2 is 1.63 bits per heavy atom. The Hall–Kier alpha value is -4.00. The molecule has 0 unspecified atom stereocenters. The van der Waals surface area contributed by atoms with Gasteiger partial charge in [0.2, 0.25) is 5.91 Å². The van der Waals surface area contributed by atoms with Crippen molar-refractivity contribution >= 4 is 28.9 Å². The Balaban J connectivity index is 1.45. The third-order valence-electron chi connectivity index (χ3n) is 4.76. The Morgan fingerprint density at radius 1 is 0.900 bits per heavy atom. The van der Waals surface area contributed by atoms with Crippen LogP contribution in [0.1, 0.15) is 18.4 Å². The minimum atomic E-state index is -0.338. The highest BCUT2D eigenvalue weighted by Crippen LogP contribution is 2.20. The second kappa shape index (κ2) is 8.57. The summed E-state index contributed by atoms with van der Waals surface area (Å²) in [6, 6.07) is 21.4. The molecule has 1 aliphatic rings. The van der Waals surface area contributed by atoms with E-state index in [-0.39, 0.29) is 23.8 Å². The fourth-order valence-electron chi connectivity index (χ4n) is 3.17. The summed E-state index contributed by atoms with van der Waals surface area (Å²) in [6.45, 7) is 0.453. The third kappa shape index (κ3) is 4.35. The predicted molar refractivity (Wildman–Crippen MR) is 115 cm³/mol. The second-order valence-electron chi connectivity index (χ2n) is 6.91. The topological polar surface area (TPSA) is 83.8 Å². The van der Waals surface area contributed by atoms with E-state index < -0.39 is 0 Å². The largest absolute Gasteiger partial charge is 0.321 e. The lowest BCUT2D eigenvalue weighted by Crippen LogP contribution is -2.36. The molecule has 0 bridgehead atoms. The fraction of sp³-hybridized carbons (Fsp3) is 0.130. The van der Waals surface area contributed by atoms with E-state index in [0.29, 0.717) is 30.1 Å². The van der Waals surface area contributed by atoms with E-state index in [2.05, 4.69) is 10.4 Å². The Labute approximate surface area is 173 Å². The van der Waals surface area contributed by atoms with Crippen molar-refractivity contribution < 1.29 is 9.59 Å². The molecule has 0 fully saturated rings. The van der Waals surface area contributed by atoms with Gasteiger partial charge in [-0.3, -0.25) is 14.4 Å². The van der Waals surface area contributed by atoms with Crippen molar-refractivity contribution in [1.29, 1.82) is 0 Å². The normalized spacial score (nSPS) is 13.7. The number of benzene rings is 2. The van der Waals surface area contributed by atoms with Gasteiger partial charge in [-0.25, -0.2) is 5.01 Å². The summed E-state index contributed by atoms with van der Waals surface area (Å²) in [4.78, 5) is 36.7. The predicted octanol–water partition coefficient (Wildman–Crippen LogP) is 3.02. The molecule has 7 heteroatoms. The molecule has 1 aliphatic heterocycles. The van der Waals surface area contributed by atoms with Crippen molar-refractivity contribution in [3.05, 3.63) is 94.9 Å². The molecule has 0 atom stereocenters. The first-order valence-corrected chi connectivity index (χ1v) is 9.61. The number of nitrogens with zero attached hydrogens (tertiary/aromatic N) is 3. The van der Waals surface area contributed by atoms with Crippen LogP contribution in [0.3, 0.4) is 0 Å². The molecule has 30 heavy (non-hydrogen) atoms. The SMILES string of the molecule is O=C(Nc1ccc(Cn2ccccc2=O)cc1)C1=NN(c2ccccc2)C(=O)CC1. The van der Waals surface area contributed by atoms with E-state index in [1.165, 1.54) is 11.1 Å². The molecule has 2 amide bonds. The molecule has 2 aromatic carbocycles. The number of para-hydroxylation sites is 1. The van der Waals surface area contributed by atoms with Crippen molar-refractivity contribution in [1.82, 2.24) is 4.57 Å². The number of carbonyl (C=O) groups is 2. The molecule has 0 radical (unpaired) electrons. The van der Waals surface area contributed by atoms with Crippen LogP contribution in [-0.4, -0.2) is 22.1 Å². The molecule has 0 saturated carbocycles. The van der Waals surface area contributed by atoms with Gasteiger partial charge in [0.1, 0.15) is 5.71 Å². The highest BCUT2D eigenvalue weighted by molar-refractivity contribution is 6.44. The van der Waals surface area contributed by atoms with Gasteiger partial charge in [-0.15, -0.1) is 0 Å². The lowest BCUT2D eigenvalue weighted by molar-refractivity contribution is -0.118. The molecule has 4 rings (SSSR count). The van der Waals surface area contributed by atoms with Gasteiger partial charge in [0.05, 0.1) is 12.2 Å². The summed E-state index contributed by atoms with van der Waals surface area (Å²) in [5, 5.41) is 8.36. The standard InChI is InChI=1S/C23H20N4O3/c28-21-8-4-5-15-26(21)16-17-9-11-18(12-10-17)24-23(30)20-13-14-22(29)27(25-20)19-6-2-1-3-7-19/h1-12,15H,13-14,16H2,(H,24,30). The van der Waals surface area contributed by atoms with Crippen LogP contribution in [0.15, 0.2) is 88.9 Å². The van der Waals surface area contributed by atoms with E-state index >= 15 is 0 Å². The third-order valence-corrected chi connectivity index (χ3v) is 4.76. The highest BCUT2D eigenvalue weighted by Gasteiger charge is 2.25. The van der Waals surface area contributed by atoms with E-state index in [9.17, 15) is 14.4 Å². The van der Waals surface area contributed by atoms with Crippen molar-refractivity contribution in [3.8, 4) is 0 Å². The number of pyridine rings is 1. The average molecular weight is 400 g/mol. The Kier molecular flexibility index (Phi) is 5.52. The molecule has 3 aromatic rings. The molecular formula is C23H20N4O3. The van der Waals surface area contributed by atoms with Crippen LogP contribution in [-0.2, 0) is 16.1 Å². The lowest BCUT2D eigenvalue weighted by atomic mass is 10.1. The molecule has 1 aromatic heterocycles. The van der Waals surface area contributed by atoms with E-state index in [0.717, 1.165) is 5.56 Å². The number of amides is 2. The van der Waals surface area contributed by atoms with Crippen molar-refractivity contribution in [2.75, 3.05) is 10.3 Å². The van der Waals surface area contributed by atoms with Gasteiger partial charge in [0.25, 0.3) is 11.5 Å². The first kappa shape index (κ1) is 19.3. The summed E-state index contributed by atoms with van der Waals surface area (Å²) in [5.74, 6) is -0.478. The average Bonchev–Trinajstić information content (AvgIpc) is 2.77. The number of anilines is 2. The molecule has 150 valence electrons. The minimum absolute atomic E-state index is 0.0669. The quantitative estimate of drug-likeness (QED) is 0.715. The van der Waals surface area contributed by atoms with Crippen LogP contribution < -0.4 is 15.9 Å². The summed E-state index contributed by atoms with van der Waals surface area (Å²) < 4.78 is 1.61. The van der Waals surface area contributed by atoms with Crippen LogP contribution >= 0.6 is 0 Å². The van der Waals surface area contributed by atoms with Gasteiger partial charge in [-0.2, -0.15) is 5.10 Å². The molecule has 2 heterocycles. The minimum Gasteiger partial charge on any atom is -0.321 e. The van der Waals surface area contributed by atoms with Crippen molar-refractivity contribution in [2.24, 2.45) is 5.10 Å². The maximum absolute atomic E-state index is 12.6. The van der Waals surface area contributed by atoms with Gasteiger partial charge in [0, 0.05) is 30.8 Å². The number of hydrogen-bond acceptors (Lipinski definition) is 4. The highest BCUT2D eigenvalue weighted by atomic mass is 16.2.